The van der Waals surface area contributed by atoms with Crippen LogP contribution in [0.5, 0.6) is 0 Å². The lowest BCUT2D eigenvalue weighted by molar-refractivity contribution is -0.104. The molecule has 3 aromatic rings. The average Bonchev–Trinajstić information content (AvgIpc) is 2.93. The molecule has 0 spiro atoms. The number of carbonyl (C=O) groups is 1. The number of rotatable bonds is 1. The van der Waals surface area contributed by atoms with Crippen molar-refractivity contribution in [2.45, 2.75) is 12.2 Å². The van der Waals surface area contributed by atoms with Gasteiger partial charge in [-0.15, -0.1) is 0 Å². The molecule has 0 saturated heterocycles. The average molecular weight is 311 g/mol. The van der Waals surface area contributed by atoms with Crippen LogP contribution >= 0.6 is 0 Å². The van der Waals surface area contributed by atoms with Crippen LogP contribution in [0.25, 0.3) is 33.5 Å². The molecule has 0 bridgehead atoms. The summed E-state index contributed by atoms with van der Waals surface area (Å²) in [6.45, 7) is 0. The van der Waals surface area contributed by atoms with Crippen LogP contribution in [-0.4, -0.2) is 33.3 Å². The Bertz CT molecular complexity index is 1150. The third-order valence-corrected chi connectivity index (χ3v) is 4.34. The van der Waals surface area contributed by atoms with Crippen molar-refractivity contribution in [3.63, 3.8) is 0 Å². The zero-order valence-corrected chi connectivity index (χ0v) is 12.2. The molecule has 1 aliphatic carbocycles. The largest absolute Gasteiger partial charge is 0.455 e. The molecule has 2 atom stereocenters. The number of aromatic nitrogens is 1. The number of hydrogen-bond acceptors (Lipinski definition) is 5. The minimum absolute atomic E-state index is 0.0406. The molecule has 1 aliphatic rings. The van der Waals surface area contributed by atoms with Gasteiger partial charge in [0.2, 0.25) is 0 Å². The maximum absolute atomic E-state index is 12.7. The lowest BCUT2D eigenvalue weighted by Gasteiger charge is -2.16. The number of aryl methyl sites for hydroxylation is 1. The van der Waals surface area contributed by atoms with Gasteiger partial charge in [-0.1, -0.05) is 12.1 Å². The Hall–Kier alpha value is -2.70. The topological polar surface area (TPSA) is 92.7 Å². The second-order valence-electron chi connectivity index (χ2n) is 5.60. The van der Waals surface area contributed by atoms with E-state index in [0.29, 0.717) is 17.4 Å². The summed E-state index contributed by atoms with van der Waals surface area (Å²) in [6.07, 6.45) is -0.847. The standard InChI is InChI=1S/C17H13NO5/c1-18-10-5-3-2-4-8(10)16-14(17(18)22)13-9(7-19)15(21)11(20)6-12(13)23-16/h2-7,11,15,20-21H,1H3. The molecule has 2 N–H and O–H groups in total. The van der Waals surface area contributed by atoms with Crippen LogP contribution in [0, 0.1) is 0 Å². The molecule has 6 heteroatoms. The summed E-state index contributed by atoms with van der Waals surface area (Å²) in [7, 11) is 1.64. The molecule has 0 fully saturated rings. The third-order valence-electron chi connectivity index (χ3n) is 4.34. The molecule has 0 radical (unpaired) electrons. The van der Waals surface area contributed by atoms with Crippen molar-refractivity contribution in [1.29, 1.82) is 0 Å². The zero-order valence-electron chi connectivity index (χ0n) is 12.2. The van der Waals surface area contributed by atoms with Gasteiger partial charge in [0.25, 0.3) is 5.56 Å². The zero-order chi connectivity index (χ0) is 16.3. The molecule has 4 rings (SSSR count). The predicted molar refractivity (Wildman–Crippen MR) is 84.2 cm³/mol. The molecule has 0 aliphatic heterocycles. The maximum Gasteiger partial charge on any atom is 0.262 e. The Morgan fingerprint density at radius 1 is 1.26 bits per heavy atom. The van der Waals surface area contributed by atoms with Crippen LogP contribution in [-0.2, 0) is 11.8 Å². The van der Waals surface area contributed by atoms with Gasteiger partial charge in [-0.25, -0.2) is 0 Å². The summed E-state index contributed by atoms with van der Waals surface area (Å²) >= 11 is 0. The van der Waals surface area contributed by atoms with Crippen molar-refractivity contribution in [3.8, 4) is 0 Å². The lowest BCUT2D eigenvalue weighted by atomic mass is 9.97. The first-order valence-electron chi connectivity index (χ1n) is 7.12. The summed E-state index contributed by atoms with van der Waals surface area (Å²) in [5.41, 5.74) is 0.921. The van der Waals surface area contributed by atoms with Crippen LogP contribution in [0.4, 0.5) is 0 Å². The Balaban J connectivity index is 2.41. The molecule has 6 nitrogen and oxygen atoms in total. The Morgan fingerprint density at radius 3 is 2.74 bits per heavy atom. The van der Waals surface area contributed by atoms with Gasteiger partial charge >= 0.3 is 0 Å². The van der Waals surface area contributed by atoms with Gasteiger partial charge in [-0.05, 0) is 18.2 Å². The van der Waals surface area contributed by atoms with E-state index in [1.165, 1.54) is 10.6 Å². The number of hydrogen-bond donors (Lipinski definition) is 2. The van der Waals surface area contributed by atoms with Gasteiger partial charge in [0.15, 0.2) is 0 Å². The predicted octanol–water partition coefficient (Wildman–Crippen LogP) is -0.850. The minimum Gasteiger partial charge on any atom is -0.455 e. The van der Waals surface area contributed by atoms with Crippen LogP contribution in [0.3, 0.4) is 0 Å². The van der Waals surface area contributed by atoms with Crippen molar-refractivity contribution >= 4 is 39.8 Å². The second-order valence-corrected chi connectivity index (χ2v) is 5.60. The molecular formula is C17H13NO5. The number of fused-ring (bicyclic) bond motifs is 5. The fraction of sp³-hybridized carbons (Fsp3) is 0.176. The first kappa shape index (κ1) is 13.9. The van der Waals surface area contributed by atoms with E-state index in [9.17, 15) is 19.8 Å². The molecule has 116 valence electrons. The fourth-order valence-corrected chi connectivity index (χ4v) is 3.19. The highest BCUT2D eigenvalue weighted by Gasteiger charge is 2.27. The van der Waals surface area contributed by atoms with E-state index in [2.05, 4.69) is 0 Å². The Morgan fingerprint density at radius 2 is 2.00 bits per heavy atom. The number of aliphatic hydroxyl groups excluding tert-OH is 2. The van der Waals surface area contributed by atoms with E-state index in [0.717, 1.165) is 5.39 Å². The van der Waals surface area contributed by atoms with E-state index in [-0.39, 0.29) is 27.2 Å². The number of aliphatic hydroxyl groups is 2. The maximum atomic E-state index is 12.7. The SMILES string of the molecule is Cn1c(=O)c2c3c(oc2c2ccccc21)=CC(O)C(O)C=3C=O. The van der Waals surface area contributed by atoms with Gasteiger partial charge in [0.1, 0.15) is 29.5 Å². The van der Waals surface area contributed by atoms with E-state index < -0.39 is 12.2 Å². The molecule has 2 heterocycles. The van der Waals surface area contributed by atoms with Crippen molar-refractivity contribution in [2.75, 3.05) is 0 Å². The minimum atomic E-state index is -1.38. The Kier molecular flexibility index (Phi) is 2.81. The lowest BCUT2D eigenvalue weighted by Crippen LogP contribution is -2.42. The van der Waals surface area contributed by atoms with E-state index in [4.69, 9.17) is 4.42 Å². The Labute approximate surface area is 129 Å². The number of para-hydroxylation sites is 1. The molecule has 1 aromatic carbocycles. The van der Waals surface area contributed by atoms with E-state index in [1.54, 1.807) is 13.1 Å². The molecule has 0 saturated carbocycles. The second kappa shape index (κ2) is 4.65. The highest BCUT2D eigenvalue weighted by Crippen LogP contribution is 2.21. The van der Waals surface area contributed by atoms with Crippen LogP contribution < -0.4 is 16.2 Å². The molecule has 0 amide bonds. The summed E-state index contributed by atoms with van der Waals surface area (Å²) in [4.78, 5) is 24.1. The van der Waals surface area contributed by atoms with Crippen molar-refractivity contribution in [3.05, 3.63) is 45.3 Å². The van der Waals surface area contributed by atoms with Crippen LogP contribution in [0.2, 0.25) is 0 Å². The van der Waals surface area contributed by atoms with Crippen LogP contribution in [0.15, 0.2) is 33.5 Å². The fourth-order valence-electron chi connectivity index (χ4n) is 3.19. The van der Waals surface area contributed by atoms with Gasteiger partial charge in [-0.2, -0.15) is 0 Å². The monoisotopic (exact) mass is 311 g/mol. The summed E-state index contributed by atoms with van der Waals surface area (Å²) in [5, 5.41) is 21.1. The van der Waals surface area contributed by atoms with Crippen molar-refractivity contribution in [1.82, 2.24) is 4.57 Å². The molecule has 2 aromatic heterocycles. The number of nitrogens with zero attached hydrogens (tertiary/aromatic N) is 1. The summed E-state index contributed by atoms with van der Waals surface area (Å²) < 4.78 is 7.25. The van der Waals surface area contributed by atoms with E-state index in [1.807, 2.05) is 18.2 Å². The molecule has 2 unspecified atom stereocenters. The smallest absolute Gasteiger partial charge is 0.262 e. The number of aldehydes is 1. The summed E-state index contributed by atoms with van der Waals surface area (Å²) in [6, 6.07) is 7.26. The number of pyridine rings is 1. The van der Waals surface area contributed by atoms with Gasteiger partial charge in [0.05, 0.1) is 10.9 Å². The van der Waals surface area contributed by atoms with Crippen LogP contribution in [0.1, 0.15) is 0 Å². The molecular weight excluding hydrogens is 298 g/mol. The first-order valence-corrected chi connectivity index (χ1v) is 7.12. The molecule has 23 heavy (non-hydrogen) atoms. The van der Waals surface area contributed by atoms with E-state index >= 15 is 0 Å². The van der Waals surface area contributed by atoms with Crippen molar-refractivity contribution in [2.24, 2.45) is 7.05 Å². The number of furan rings is 1. The first-order chi connectivity index (χ1) is 11.0. The highest BCUT2D eigenvalue weighted by molar-refractivity contribution is 6.08. The quantitative estimate of drug-likeness (QED) is 0.571. The van der Waals surface area contributed by atoms with Crippen molar-refractivity contribution < 1.29 is 19.4 Å². The highest BCUT2D eigenvalue weighted by atomic mass is 16.3. The van der Waals surface area contributed by atoms with Gasteiger partial charge < -0.3 is 19.2 Å². The van der Waals surface area contributed by atoms with Gasteiger partial charge in [-0.3, -0.25) is 9.59 Å². The van der Waals surface area contributed by atoms with Gasteiger partial charge in [0, 0.05) is 23.2 Å². The third kappa shape index (κ3) is 1.70. The number of carbonyl (C=O) groups excluding carboxylic acids is 1. The number of benzene rings is 1. The normalized spacial score (nSPS) is 20.6. The summed E-state index contributed by atoms with van der Waals surface area (Å²) in [5.74, 6) is 0.